The second kappa shape index (κ2) is 7.84. The fraction of sp³-hybridized carbons (Fsp3) is 0.391. The van der Waals surface area contributed by atoms with Gasteiger partial charge in [-0.25, -0.2) is 4.79 Å². The van der Waals surface area contributed by atoms with E-state index >= 15 is 0 Å². The zero-order chi connectivity index (χ0) is 19.4. The standard InChI is InChI=1S/C23H26N2O2/c1-23(2,3)27-22(26)25-14-13-20(18-7-5-4-6-8-18)15-21(25)19-11-9-17(16-24)10-12-19/h4-12,20-21H,13-15H2,1-3H3. The number of benzene rings is 2. The smallest absolute Gasteiger partial charge is 0.410 e. The minimum Gasteiger partial charge on any atom is -0.444 e. The van der Waals surface area contributed by atoms with Crippen LogP contribution < -0.4 is 0 Å². The minimum absolute atomic E-state index is 0.0634. The molecule has 2 atom stereocenters. The van der Waals surface area contributed by atoms with Crippen LogP contribution in [0.25, 0.3) is 0 Å². The molecule has 1 aliphatic heterocycles. The molecule has 0 saturated carbocycles. The van der Waals surface area contributed by atoms with Gasteiger partial charge in [-0.1, -0.05) is 42.5 Å². The van der Waals surface area contributed by atoms with Gasteiger partial charge in [0.05, 0.1) is 17.7 Å². The van der Waals surface area contributed by atoms with Crippen LogP contribution in [-0.2, 0) is 4.74 Å². The van der Waals surface area contributed by atoms with Crippen molar-refractivity contribution < 1.29 is 9.53 Å². The van der Waals surface area contributed by atoms with Gasteiger partial charge in [0, 0.05) is 6.54 Å². The van der Waals surface area contributed by atoms with Crippen LogP contribution >= 0.6 is 0 Å². The zero-order valence-corrected chi connectivity index (χ0v) is 16.2. The van der Waals surface area contributed by atoms with Gasteiger partial charge in [-0.2, -0.15) is 5.26 Å². The number of hydrogen-bond acceptors (Lipinski definition) is 3. The molecule has 0 radical (unpaired) electrons. The average Bonchev–Trinajstić information content (AvgIpc) is 2.67. The highest BCUT2D eigenvalue weighted by molar-refractivity contribution is 5.69. The van der Waals surface area contributed by atoms with Crippen LogP contribution in [-0.4, -0.2) is 23.1 Å². The van der Waals surface area contributed by atoms with Gasteiger partial charge in [0.2, 0.25) is 0 Å². The van der Waals surface area contributed by atoms with Crippen molar-refractivity contribution in [2.75, 3.05) is 6.54 Å². The summed E-state index contributed by atoms with van der Waals surface area (Å²) in [5.41, 5.74) is 2.45. The molecular formula is C23H26N2O2. The predicted octanol–water partition coefficient (Wildman–Crippen LogP) is 5.41. The highest BCUT2D eigenvalue weighted by Gasteiger charge is 2.35. The van der Waals surface area contributed by atoms with Gasteiger partial charge in [0.1, 0.15) is 5.60 Å². The molecule has 4 nitrogen and oxygen atoms in total. The highest BCUT2D eigenvalue weighted by Crippen LogP contribution is 2.40. The van der Waals surface area contributed by atoms with Crippen molar-refractivity contribution in [1.82, 2.24) is 4.90 Å². The Morgan fingerprint density at radius 1 is 1.07 bits per heavy atom. The van der Waals surface area contributed by atoms with Crippen molar-refractivity contribution in [2.45, 2.75) is 51.2 Å². The fourth-order valence-electron chi connectivity index (χ4n) is 3.63. The number of carbonyl (C=O) groups excluding carboxylic acids is 1. The average molecular weight is 362 g/mol. The summed E-state index contributed by atoms with van der Waals surface area (Å²) >= 11 is 0. The number of likely N-dealkylation sites (tertiary alicyclic amines) is 1. The Morgan fingerprint density at radius 3 is 2.33 bits per heavy atom. The molecule has 1 amide bonds. The summed E-state index contributed by atoms with van der Waals surface area (Å²) in [6, 6.07) is 20.1. The second-order valence-corrected chi connectivity index (χ2v) is 8.06. The van der Waals surface area contributed by atoms with Gasteiger partial charge in [-0.15, -0.1) is 0 Å². The SMILES string of the molecule is CC(C)(C)OC(=O)N1CCC(c2ccccc2)CC1c1ccc(C#N)cc1. The number of nitrogens with zero attached hydrogens (tertiary/aromatic N) is 2. The van der Waals surface area contributed by atoms with Crippen LogP contribution in [0, 0.1) is 11.3 Å². The van der Waals surface area contributed by atoms with Crippen LogP contribution in [0.4, 0.5) is 4.79 Å². The number of ether oxygens (including phenoxy) is 1. The summed E-state index contributed by atoms with van der Waals surface area (Å²) in [7, 11) is 0. The van der Waals surface area contributed by atoms with E-state index in [2.05, 4.69) is 30.3 Å². The third kappa shape index (κ3) is 4.68. The highest BCUT2D eigenvalue weighted by atomic mass is 16.6. The molecule has 1 fully saturated rings. The molecule has 140 valence electrons. The largest absolute Gasteiger partial charge is 0.444 e. The Labute approximate surface area is 161 Å². The van der Waals surface area contributed by atoms with Crippen molar-refractivity contribution >= 4 is 6.09 Å². The van der Waals surface area contributed by atoms with E-state index in [1.54, 1.807) is 0 Å². The molecule has 1 saturated heterocycles. The maximum absolute atomic E-state index is 12.8. The molecule has 1 heterocycles. The molecule has 0 N–H and O–H groups in total. The van der Waals surface area contributed by atoms with Gasteiger partial charge in [-0.3, -0.25) is 0 Å². The minimum atomic E-state index is -0.525. The molecule has 2 unspecified atom stereocenters. The quantitative estimate of drug-likeness (QED) is 0.717. The molecule has 27 heavy (non-hydrogen) atoms. The third-order valence-electron chi connectivity index (χ3n) is 4.93. The van der Waals surface area contributed by atoms with Crippen molar-refractivity contribution in [1.29, 1.82) is 5.26 Å². The van der Waals surface area contributed by atoms with E-state index in [1.807, 2.05) is 56.0 Å². The number of rotatable bonds is 2. The summed E-state index contributed by atoms with van der Waals surface area (Å²) in [5, 5.41) is 9.06. The molecule has 0 bridgehead atoms. The molecule has 0 aromatic heterocycles. The van der Waals surface area contributed by atoms with Crippen LogP contribution in [0.1, 0.15) is 62.3 Å². The first kappa shape index (κ1) is 19.0. The maximum atomic E-state index is 12.8. The first-order valence-electron chi connectivity index (χ1n) is 9.42. The van der Waals surface area contributed by atoms with E-state index in [0.29, 0.717) is 18.0 Å². The molecule has 3 rings (SSSR count). The summed E-state index contributed by atoms with van der Waals surface area (Å²) in [6.07, 6.45) is 1.48. The molecule has 0 spiro atoms. The van der Waals surface area contributed by atoms with Gasteiger partial charge >= 0.3 is 6.09 Å². The normalized spacial score (nSPS) is 20.0. The van der Waals surface area contributed by atoms with Gasteiger partial charge in [0.25, 0.3) is 0 Å². The van der Waals surface area contributed by atoms with Crippen LogP contribution in [0.2, 0.25) is 0 Å². The fourth-order valence-corrected chi connectivity index (χ4v) is 3.63. The van der Waals surface area contributed by atoms with Crippen molar-refractivity contribution in [3.63, 3.8) is 0 Å². The number of nitriles is 1. The molecule has 2 aromatic carbocycles. The summed E-state index contributed by atoms with van der Waals surface area (Å²) < 4.78 is 5.65. The Bertz CT molecular complexity index is 816. The lowest BCUT2D eigenvalue weighted by Gasteiger charge is -2.40. The Hall–Kier alpha value is -2.80. The molecular weight excluding hydrogens is 336 g/mol. The topological polar surface area (TPSA) is 53.3 Å². The number of hydrogen-bond donors (Lipinski definition) is 0. The summed E-state index contributed by atoms with van der Waals surface area (Å²) in [4.78, 5) is 14.7. The lowest BCUT2D eigenvalue weighted by molar-refractivity contribution is 0.00764. The molecule has 4 heteroatoms. The van der Waals surface area contributed by atoms with E-state index < -0.39 is 5.60 Å². The number of piperidine rings is 1. The maximum Gasteiger partial charge on any atom is 0.410 e. The predicted molar refractivity (Wildman–Crippen MR) is 105 cm³/mol. The zero-order valence-electron chi connectivity index (χ0n) is 16.2. The van der Waals surface area contributed by atoms with E-state index in [9.17, 15) is 4.79 Å². The summed E-state index contributed by atoms with van der Waals surface area (Å²) in [5.74, 6) is 0.394. The van der Waals surface area contributed by atoms with Crippen LogP contribution in [0.15, 0.2) is 54.6 Å². The third-order valence-corrected chi connectivity index (χ3v) is 4.93. The Kier molecular flexibility index (Phi) is 5.51. The van der Waals surface area contributed by atoms with E-state index in [4.69, 9.17) is 10.00 Å². The van der Waals surface area contributed by atoms with E-state index in [1.165, 1.54) is 5.56 Å². The van der Waals surface area contributed by atoms with Gasteiger partial charge in [0.15, 0.2) is 0 Å². The molecule has 1 aliphatic rings. The lowest BCUT2D eigenvalue weighted by atomic mass is 9.83. The molecule has 2 aromatic rings. The Morgan fingerprint density at radius 2 is 1.74 bits per heavy atom. The first-order chi connectivity index (χ1) is 12.9. The molecule has 0 aliphatic carbocycles. The van der Waals surface area contributed by atoms with Crippen molar-refractivity contribution in [2.24, 2.45) is 0 Å². The number of amides is 1. The van der Waals surface area contributed by atoms with E-state index in [0.717, 1.165) is 18.4 Å². The monoisotopic (exact) mass is 362 g/mol. The number of carbonyl (C=O) groups is 1. The van der Waals surface area contributed by atoms with Gasteiger partial charge in [-0.05, 0) is 62.8 Å². The van der Waals surface area contributed by atoms with Gasteiger partial charge < -0.3 is 9.64 Å². The first-order valence-corrected chi connectivity index (χ1v) is 9.42. The van der Waals surface area contributed by atoms with Crippen LogP contribution in [0.3, 0.4) is 0 Å². The summed E-state index contributed by atoms with van der Waals surface area (Å²) in [6.45, 7) is 6.31. The van der Waals surface area contributed by atoms with Crippen molar-refractivity contribution in [3.8, 4) is 6.07 Å². The van der Waals surface area contributed by atoms with Crippen LogP contribution in [0.5, 0.6) is 0 Å². The Balaban J connectivity index is 1.88. The second-order valence-electron chi connectivity index (χ2n) is 8.06. The van der Waals surface area contributed by atoms with E-state index in [-0.39, 0.29) is 12.1 Å². The van der Waals surface area contributed by atoms with Crippen molar-refractivity contribution in [3.05, 3.63) is 71.3 Å². The lowest BCUT2D eigenvalue weighted by Crippen LogP contribution is -2.43.